The number of nitrogens with one attached hydrogen (secondary N) is 1. The van der Waals surface area contributed by atoms with Gasteiger partial charge in [-0.3, -0.25) is 9.69 Å². The van der Waals surface area contributed by atoms with Crippen molar-refractivity contribution in [2.75, 3.05) is 31.6 Å². The molecule has 2 fully saturated rings. The summed E-state index contributed by atoms with van der Waals surface area (Å²) in [5.41, 5.74) is 2.26. The van der Waals surface area contributed by atoms with Crippen LogP contribution >= 0.6 is 11.3 Å². The van der Waals surface area contributed by atoms with E-state index in [0.29, 0.717) is 0 Å². The second kappa shape index (κ2) is 7.81. The van der Waals surface area contributed by atoms with Gasteiger partial charge in [-0.25, -0.2) is 4.98 Å². The molecule has 1 aromatic heterocycles. The van der Waals surface area contributed by atoms with Crippen LogP contribution in [0.5, 0.6) is 0 Å². The highest BCUT2D eigenvalue weighted by Gasteiger charge is 2.22. The van der Waals surface area contributed by atoms with Crippen LogP contribution in [0.2, 0.25) is 0 Å². The van der Waals surface area contributed by atoms with Crippen molar-refractivity contribution in [3.63, 3.8) is 0 Å². The van der Waals surface area contributed by atoms with E-state index >= 15 is 0 Å². The third-order valence-corrected chi connectivity index (χ3v) is 6.10. The first-order valence-electron chi connectivity index (χ1n) is 9.28. The molecule has 0 bridgehead atoms. The number of morpholine rings is 1. The van der Waals surface area contributed by atoms with Crippen LogP contribution in [0.1, 0.15) is 37.7 Å². The first kappa shape index (κ1) is 16.9. The standard InChI is InChI=1S/C19H25N3O2S/c23-18(15-4-2-1-3-5-15)21-19-20-16-7-6-14(12-17(16)25-19)13-22-8-10-24-11-9-22/h6-7,12,15H,1-5,8-11,13H2,(H,20,21,23). The Kier molecular flexibility index (Phi) is 5.29. The third kappa shape index (κ3) is 4.19. The van der Waals surface area contributed by atoms with Gasteiger partial charge in [-0.2, -0.15) is 0 Å². The highest BCUT2D eigenvalue weighted by molar-refractivity contribution is 7.22. The second-order valence-electron chi connectivity index (χ2n) is 7.03. The molecule has 1 aromatic carbocycles. The van der Waals surface area contributed by atoms with Gasteiger partial charge in [0.1, 0.15) is 0 Å². The average Bonchev–Trinajstić information content (AvgIpc) is 3.05. The summed E-state index contributed by atoms with van der Waals surface area (Å²) in [6, 6.07) is 6.42. The Morgan fingerprint density at radius 2 is 2.04 bits per heavy atom. The maximum atomic E-state index is 12.4. The number of hydrogen-bond acceptors (Lipinski definition) is 5. The van der Waals surface area contributed by atoms with Gasteiger partial charge in [-0.15, -0.1) is 0 Å². The van der Waals surface area contributed by atoms with E-state index in [1.165, 1.54) is 24.8 Å². The minimum atomic E-state index is 0.146. The molecule has 1 aliphatic heterocycles. The number of carbonyl (C=O) groups excluding carboxylic acids is 1. The molecule has 25 heavy (non-hydrogen) atoms. The fraction of sp³-hybridized carbons (Fsp3) is 0.579. The molecule has 2 aromatic rings. The quantitative estimate of drug-likeness (QED) is 0.905. The van der Waals surface area contributed by atoms with Crippen LogP contribution in [-0.2, 0) is 16.1 Å². The molecule has 0 radical (unpaired) electrons. The number of aromatic nitrogens is 1. The molecule has 1 saturated heterocycles. The maximum absolute atomic E-state index is 12.4. The summed E-state index contributed by atoms with van der Waals surface area (Å²) < 4.78 is 6.55. The summed E-state index contributed by atoms with van der Waals surface area (Å²) in [5, 5.41) is 3.77. The van der Waals surface area contributed by atoms with Crippen LogP contribution in [0.4, 0.5) is 5.13 Å². The summed E-state index contributed by atoms with van der Waals surface area (Å²) >= 11 is 1.58. The maximum Gasteiger partial charge on any atom is 0.229 e. The fourth-order valence-corrected chi connectivity index (χ4v) is 4.64. The van der Waals surface area contributed by atoms with E-state index in [4.69, 9.17) is 4.74 Å². The molecule has 1 N–H and O–H groups in total. The SMILES string of the molecule is O=C(Nc1nc2ccc(CN3CCOCC3)cc2s1)C1CCCCC1. The Hall–Kier alpha value is -1.50. The number of rotatable bonds is 4. The normalized spacial score (nSPS) is 20.0. The fourth-order valence-electron chi connectivity index (χ4n) is 3.71. The molecule has 4 rings (SSSR count). The topological polar surface area (TPSA) is 54.5 Å². The smallest absolute Gasteiger partial charge is 0.229 e. The highest BCUT2D eigenvalue weighted by Crippen LogP contribution is 2.29. The zero-order valence-corrected chi connectivity index (χ0v) is 15.3. The van der Waals surface area contributed by atoms with E-state index in [1.807, 2.05) is 0 Å². The van der Waals surface area contributed by atoms with Gasteiger partial charge in [-0.05, 0) is 30.5 Å². The van der Waals surface area contributed by atoms with Gasteiger partial charge >= 0.3 is 0 Å². The largest absolute Gasteiger partial charge is 0.379 e. The molecule has 6 heteroatoms. The zero-order chi connectivity index (χ0) is 17.1. The van der Waals surface area contributed by atoms with Crippen molar-refractivity contribution in [3.05, 3.63) is 23.8 Å². The lowest BCUT2D eigenvalue weighted by Crippen LogP contribution is -2.35. The number of carbonyl (C=O) groups is 1. The average molecular weight is 359 g/mol. The van der Waals surface area contributed by atoms with E-state index in [0.717, 1.165) is 61.0 Å². The molecular formula is C19H25N3O2S. The Balaban J connectivity index is 1.43. The van der Waals surface area contributed by atoms with E-state index in [2.05, 4.69) is 33.4 Å². The molecule has 1 aliphatic carbocycles. The van der Waals surface area contributed by atoms with Gasteiger partial charge in [0, 0.05) is 25.6 Å². The lowest BCUT2D eigenvalue weighted by molar-refractivity contribution is -0.120. The molecule has 5 nitrogen and oxygen atoms in total. The van der Waals surface area contributed by atoms with Crippen LogP contribution < -0.4 is 5.32 Å². The second-order valence-corrected chi connectivity index (χ2v) is 8.06. The molecule has 0 spiro atoms. The van der Waals surface area contributed by atoms with Crippen LogP contribution in [0.25, 0.3) is 10.2 Å². The van der Waals surface area contributed by atoms with Gasteiger partial charge in [0.15, 0.2) is 5.13 Å². The zero-order valence-electron chi connectivity index (χ0n) is 14.5. The van der Waals surface area contributed by atoms with Crippen LogP contribution in [0, 0.1) is 5.92 Å². The molecule has 1 amide bonds. The Morgan fingerprint density at radius 3 is 2.84 bits per heavy atom. The molecule has 1 saturated carbocycles. The number of fused-ring (bicyclic) bond motifs is 1. The van der Waals surface area contributed by atoms with E-state index in [9.17, 15) is 4.79 Å². The lowest BCUT2D eigenvalue weighted by atomic mass is 9.89. The Labute approximate surface area is 152 Å². The van der Waals surface area contributed by atoms with Crippen molar-refractivity contribution in [2.24, 2.45) is 5.92 Å². The predicted octanol–water partition coefficient (Wildman–Crippen LogP) is 3.65. The number of anilines is 1. The van der Waals surface area contributed by atoms with Crippen molar-refractivity contribution in [3.8, 4) is 0 Å². The molecule has 0 atom stereocenters. The van der Waals surface area contributed by atoms with Crippen molar-refractivity contribution in [2.45, 2.75) is 38.6 Å². The summed E-state index contributed by atoms with van der Waals surface area (Å²) in [5.74, 6) is 0.310. The first-order valence-corrected chi connectivity index (χ1v) is 10.1. The molecule has 134 valence electrons. The summed E-state index contributed by atoms with van der Waals surface area (Å²) in [6.45, 7) is 4.56. The van der Waals surface area contributed by atoms with Crippen LogP contribution in [0.15, 0.2) is 18.2 Å². The summed E-state index contributed by atoms with van der Waals surface area (Å²) in [6.07, 6.45) is 5.63. The Bertz CT molecular complexity index is 733. The lowest BCUT2D eigenvalue weighted by Gasteiger charge is -2.26. The Morgan fingerprint density at radius 1 is 1.24 bits per heavy atom. The molecule has 2 aliphatic rings. The van der Waals surface area contributed by atoms with Crippen LogP contribution in [0.3, 0.4) is 0 Å². The van der Waals surface area contributed by atoms with Gasteiger partial charge in [0.05, 0.1) is 23.4 Å². The van der Waals surface area contributed by atoms with Gasteiger partial charge in [0.25, 0.3) is 0 Å². The van der Waals surface area contributed by atoms with Gasteiger partial charge in [-0.1, -0.05) is 36.7 Å². The number of hydrogen-bond donors (Lipinski definition) is 1. The number of thiazole rings is 1. The number of ether oxygens (including phenoxy) is 1. The van der Waals surface area contributed by atoms with Crippen molar-refractivity contribution >= 4 is 32.6 Å². The molecular weight excluding hydrogens is 334 g/mol. The number of nitrogens with zero attached hydrogens (tertiary/aromatic N) is 2. The monoisotopic (exact) mass is 359 g/mol. The van der Waals surface area contributed by atoms with E-state index in [1.54, 1.807) is 11.3 Å². The van der Waals surface area contributed by atoms with Crippen molar-refractivity contribution < 1.29 is 9.53 Å². The molecule has 2 heterocycles. The predicted molar refractivity (Wildman–Crippen MR) is 101 cm³/mol. The number of benzene rings is 1. The van der Waals surface area contributed by atoms with Gasteiger partial charge in [0.2, 0.25) is 5.91 Å². The highest BCUT2D eigenvalue weighted by atomic mass is 32.1. The minimum absolute atomic E-state index is 0.146. The summed E-state index contributed by atoms with van der Waals surface area (Å²) in [7, 11) is 0. The minimum Gasteiger partial charge on any atom is -0.379 e. The van der Waals surface area contributed by atoms with E-state index < -0.39 is 0 Å². The third-order valence-electron chi connectivity index (χ3n) is 5.17. The van der Waals surface area contributed by atoms with Crippen molar-refractivity contribution in [1.29, 1.82) is 0 Å². The molecule has 0 unspecified atom stereocenters. The van der Waals surface area contributed by atoms with Gasteiger partial charge < -0.3 is 10.1 Å². The summed E-state index contributed by atoms with van der Waals surface area (Å²) in [4.78, 5) is 19.4. The first-order chi connectivity index (χ1) is 12.3. The van der Waals surface area contributed by atoms with Crippen LogP contribution in [-0.4, -0.2) is 42.1 Å². The van der Waals surface area contributed by atoms with Crippen molar-refractivity contribution in [1.82, 2.24) is 9.88 Å². The number of amides is 1. The van der Waals surface area contributed by atoms with E-state index in [-0.39, 0.29) is 11.8 Å².